The predicted octanol–water partition coefficient (Wildman–Crippen LogP) is 1.19. The Morgan fingerprint density at radius 2 is 1.88 bits per heavy atom. The number of carboxylic acids is 1. The number of hydrogen-bond acceptors (Lipinski definition) is 6. The second-order valence-corrected chi connectivity index (χ2v) is 7.55. The molecule has 0 fully saturated rings. The van der Waals surface area contributed by atoms with Crippen molar-refractivity contribution < 1.29 is 32.6 Å². The van der Waals surface area contributed by atoms with Crippen LogP contribution >= 0.6 is 0 Å². The van der Waals surface area contributed by atoms with Crippen LogP contribution < -0.4 is 9.46 Å². The molecule has 0 aliphatic heterocycles. The maximum Gasteiger partial charge on any atom is 0.321 e. The summed E-state index contributed by atoms with van der Waals surface area (Å²) in [6.07, 6.45) is -0.150. The molecule has 1 rings (SSSR count). The van der Waals surface area contributed by atoms with Crippen LogP contribution in [0.1, 0.15) is 25.8 Å². The number of carbonyl (C=O) groups excluding carboxylic acids is 1. The number of esters is 1. The van der Waals surface area contributed by atoms with Gasteiger partial charge < -0.3 is 14.6 Å². The largest absolute Gasteiger partial charge is 0.497 e. The van der Waals surface area contributed by atoms with Crippen molar-refractivity contribution in [2.24, 2.45) is 5.92 Å². The van der Waals surface area contributed by atoms with E-state index in [1.807, 2.05) is 0 Å². The van der Waals surface area contributed by atoms with Crippen molar-refractivity contribution >= 4 is 22.0 Å². The molecular formula is C16H23NO7S. The molecule has 0 aliphatic rings. The Hall–Kier alpha value is -2.13. The second-order valence-electron chi connectivity index (χ2n) is 5.87. The van der Waals surface area contributed by atoms with Crippen LogP contribution in [-0.4, -0.2) is 45.7 Å². The third-order valence-electron chi connectivity index (χ3n) is 3.42. The Morgan fingerprint density at radius 1 is 1.24 bits per heavy atom. The Labute approximate surface area is 147 Å². The highest BCUT2D eigenvalue weighted by molar-refractivity contribution is 7.89. The van der Waals surface area contributed by atoms with Gasteiger partial charge in [-0.3, -0.25) is 9.59 Å². The van der Waals surface area contributed by atoms with E-state index in [1.54, 1.807) is 13.8 Å². The lowest BCUT2D eigenvalue weighted by atomic mass is 10.1. The Bertz CT molecular complexity index is 728. The van der Waals surface area contributed by atoms with Gasteiger partial charge in [-0.1, -0.05) is 13.8 Å². The van der Waals surface area contributed by atoms with Gasteiger partial charge in [0.2, 0.25) is 10.0 Å². The smallest absolute Gasteiger partial charge is 0.321 e. The second kappa shape index (κ2) is 8.82. The number of methoxy groups -OCH3 is 2. The maximum absolute atomic E-state index is 12.7. The Morgan fingerprint density at radius 3 is 2.36 bits per heavy atom. The summed E-state index contributed by atoms with van der Waals surface area (Å²) in [7, 11) is -1.55. The van der Waals surface area contributed by atoms with Gasteiger partial charge in [0.05, 0.1) is 25.5 Å². The molecule has 140 valence electrons. The molecule has 0 bridgehead atoms. The highest BCUT2D eigenvalue weighted by Gasteiger charge is 2.28. The van der Waals surface area contributed by atoms with Crippen molar-refractivity contribution in [1.29, 1.82) is 0 Å². The monoisotopic (exact) mass is 373 g/mol. The summed E-state index contributed by atoms with van der Waals surface area (Å²) >= 11 is 0. The average molecular weight is 373 g/mol. The standard InChI is InChI=1S/C16H23NO7S/c1-10(2)7-13(16(19)20)17-25(21,22)14-6-5-12(23-3)8-11(14)9-15(18)24-4/h5-6,8,10,13,17H,7,9H2,1-4H3,(H,19,20). The van der Waals surface area contributed by atoms with E-state index in [1.165, 1.54) is 32.4 Å². The minimum Gasteiger partial charge on any atom is -0.497 e. The first kappa shape index (κ1) is 20.9. The molecule has 0 saturated carbocycles. The molecule has 1 aromatic carbocycles. The minimum absolute atomic E-state index is 0.0193. The molecule has 25 heavy (non-hydrogen) atoms. The lowest BCUT2D eigenvalue weighted by Crippen LogP contribution is -2.41. The summed E-state index contributed by atoms with van der Waals surface area (Å²) in [5.41, 5.74) is 0.160. The fraction of sp³-hybridized carbons (Fsp3) is 0.500. The fourth-order valence-electron chi connectivity index (χ4n) is 2.23. The molecule has 9 heteroatoms. The molecular weight excluding hydrogens is 350 g/mol. The summed E-state index contributed by atoms with van der Waals surface area (Å²) in [6, 6.07) is 2.84. The van der Waals surface area contributed by atoms with E-state index in [0.717, 1.165) is 0 Å². The normalized spacial score (nSPS) is 12.7. The van der Waals surface area contributed by atoms with Crippen LogP contribution in [0, 0.1) is 5.92 Å². The lowest BCUT2D eigenvalue weighted by molar-refractivity contribution is -0.140. The molecule has 0 aliphatic carbocycles. The average Bonchev–Trinajstić information content (AvgIpc) is 2.52. The summed E-state index contributed by atoms with van der Waals surface area (Å²) in [6.45, 7) is 3.58. The van der Waals surface area contributed by atoms with Gasteiger partial charge in [0.1, 0.15) is 11.8 Å². The van der Waals surface area contributed by atoms with Crippen LogP contribution in [0.2, 0.25) is 0 Å². The number of ether oxygens (including phenoxy) is 2. The van der Waals surface area contributed by atoms with Crippen molar-refractivity contribution in [2.75, 3.05) is 14.2 Å². The molecule has 0 spiro atoms. The zero-order valence-corrected chi connectivity index (χ0v) is 15.4. The predicted molar refractivity (Wildman–Crippen MR) is 89.9 cm³/mol. The van der Waals surface area contributed by atoms with Gasteiger partial charge >= 0.3 is 11.9 Å². The number of carboxylic acid groups (broad SMARTS) is 1. The van der Waals surface area contributed by atoms with E-state index in [9.17, 15) is 23.1 Å². The van der Waals surface area contributed by atoms with Crippen LogP contribution in [0.3, 0.4) is 0 Å². The first-order chi connectivity index (χ1) is 11.6. The third kappa shape index (κ3) is 6.02. The number of aliphatic carboxylic acids is 1. The molecule has 0 radical (unpaired) electrons. The molecule has 0 heterocycles. The van der Waals surface area contributed by atoms with E-state index in [0.29, 0.717) is 5.75 Å². The van der Waals surface area contributed by atoms with Gasteiger partial charge in [0.25, 0.3) is 0 Å². The zero-order chi connectivity index (χ0) is 19.2. The summed E-state index contributed by atoms with van der Waals surface area (Å²) < 4.78 is 37.1. The number of benzene rings is 1. The highest BCUT2D eigenvalue weighted by Crippen LogP contribution is 2.23. The number of carbonyl (C=O) groups is 2. The number of rotatable bonds is 9. The van der Waals surface area contributed by atoms with Crippen LogP contribution in [-0.2, 0) is 30.8 Å². The van der Waals surface area contributed by atoms with Crippen LogP contribution in [0.25, 0.3) is 0 Å². The van der Waals surface area contributed by atoms with Gasteiger partial charge in [-0.25, -0.2) is 8.42 Å². The maximum atomic E-state index is 12.7. The summed E-state index contributed by atoms with van der Waals surface area (Å²) in [5, 5.41) is 9.25. The molecule has 1 atom stereocenters. The van der Waals surface area contributed by atoms with Crippen LogP contribution in [0.5, 0.6) is 5.75 Å². The Kier molecular flexibility index (Phi) is 7.38. The first-order valence-corrected chi connectivity index (χ1v) is 9.08. The zero-order valence-electron chi connectivity index (χ0n) is 14.6. The van der Waals surface area contributed by atoms with Gasteiger partial charge in [-0.05, 0) is 36.1 Å². The van der Waals surface area contributed by atoms with Crippen molar-refractivity contribution in [3.63, 3.8) is 0 Å². The van der Waals surface area contributed by atoms with E-state index >= 15 is 0 Å². The van der Waals surface area contributed by atoms with Gasteiger partial charge in [-0.2, -0.15) is 4.72 Å². The van der Waals surface area contributed by atoms with Crippen molar-refractivity contribution in [3.05, 3.63) is 23.8 Å². The van der Waals surface area contributed by atoms with Crippen LogP contribution in [0.4, 0.5) is 0 Å². The summed E-state index contributed by atoms with van der Waals surface area (Å²) in [4.78, 5) is 22.7. The fourth-order valence-corrected chi connectivity index (χ4v) is 3.65. The number of nitrogens with one attached hydrogen (secondary N) is 1. The molecule has 0 aromatic heterocycles. The molecule has 1 unspecified atom stereocenters. The van der Waals surface area contributed by atoms with E-state index in [-0.39, 0.29) is 29.2 Å². The Balaban J connectivity index is 3.26. The highest BCUT2D eigenvalue weighted by atomic mass is 32.2. The molecule has 8 nitrogen and oxygen atoms in total. The topological polar surface area (TPSA) is 119 Å². The molecule has 1 aromatic rings. The van der Waals surface area contributed by atoms with E-state index < -0.39 is 28.0 Å². The first-order valence-electron chi connectivity index (χ1n) is 7.59. The molecule has 2 N–H and O–H groups in total. The third-order valence-corrected chi connectivity index (χ3v) is 4.99. The minimum atomic E-state index is -4.15. The SMILES string of the molecule is COC(=O)Cc1cc(OC)ccc1S(=O)(=O)NC(CC(C)C)C(=O)O. The van der Waals surface area contributed by atoms with Gasteiger partial charge in [0, 0.05) is 0 Å². The van der Waals surface area contributed by atoms with Crippen molar-refractivity contribution in [2.45, 2.75) is 37.6 Å². The van der Waals surface area contributed by atoms with Gasteiger partial charge in [0.15, 0.2) is 0 Å². The van der Waals surface area contributed by atoms with Crippen molar-refractivity contribution in [3.8, 4) is 5.75 Å². The number of sulfonamides is 1. The summed E-state index contributed by atoms with van der Waals surface area (Å²) in [5.74, 6) is -1.54. The molecule has 0 amide bonds. The lowest BCUT2D eigenvalue weighted by Gasteiger charge is -2.18. The number of hydrogen-bond donors (Lipinski definition) is 2. The van der Waals surface area contributed by atoms with Crippen molar-refractivity contribution in [1.82, 2.24) is 4.72 Å². The molecule has 0 saturated heterocycles. The van der Waals surface area contributed by atoms with E-state index in [2.05, 4.69) is 9.46 Å². The van der Waals surface area contributed by atoms with Crippen LogP contribution in [0.15, 0.2) is 23.1 Å². The quantitative estimate of drug-likeness (QED) is 0.624. The van der Waals surface area contributed by atoms with Gasteiger partial charge in [-0.15, -0.1) is 0 Å². The van der Waals surface area contributed by atoms with E-state index in [4.69, 9.17) is 4.74 Å².